The topological polar surface area (TPSA) is 71.7 Å². The van der Waals surface area contributed by atoms with E-state index in [0.717, 1.165) is 0 Å². The first-order chi connectivity index (χ1) is 13.5. The van der Waals surface area contributed by atoms with Gasteiger partial charge in [0.15, 0.2) is 0 Å². The van der Waals surface area contributed by atoms with Gasteiger partial charge in [-0.3, -0.25) is 10.1 Å². The zero-order valence-corrected chi connectivity index (χ0v) is 16.1. The van der Waals surface area contributed by atoms with E-state index in [2.05, 4.69) is 28.3 Å². The lowest BCUT2D eigenvalue weighted by molar-refractivity contribution is -0.384. The van der Waals surface area contributed by atoms with Gasteiger partial charge >= 0.3 is 5.69 Å². The number of methoxy groups -OCH3 is 1. The third kappa shape index (κ3) is 4.35. The fraction of sp³-hybridized carbons (Fsp3) is 0.250. The van der Waals surface area contributed by atoms with Crippen molar-refractivity contribution >= 4 is 23.1 Å². The molecule has 0 aliphatic carbocycles. The molecule has 0 N–H and O–H groups in total. The van der Waals surface area contributed by atoms with Gasteiger partial charge in [0, 0.05) is 43.5 Å². The number of hydrogen-bond acceptors (Lipinski definition) is 6. The van der Waals surface area contributed by atoms with Crippen molar-refractivity contribution in [3.05, 3.63) is 69.5 Å². The van der Waals surface area contributed by atoms with Crippen LogP contribution in [0.2, 0.25) is 5.02 Å². The van der Waals surface area contributed by atoms with Crippen molar-refractivity contribution in [1.29, 1.82) is 0 Å². The highest BCUT2D eigenvalue weighted by Crippen LogP contribution is 2.26. The van der Waals surface area contributed by atoms with Crippen LogP contribution in [-0.2, 0) is 0 Å². The van der Waals surface area contributed by atoms with Crippen LogP contribution in [0.4, 0.5) is 11.5 Å². The highest BCUT2D eigenvalue weighted by atomic mass is 35.5. The Bertz CT molecular complexity index is 959. The Balaban J connectivity index is 1.67. The highest BCUT2D eigenvalue weighted by molar-refractivity contribution is 6.30. The van der Waals surface area contributed by atoms with E-state index in [1.165, 1.54) is 6.07 Å². The minimum absolute atomic E-state index is 0.0163. The fourth-order valence-corrected chi connectivity index (χ4v) is 3.13. The first-order valence-electron chi connectivity index (χ1n) is 8.63. The molecule has 2 aromatic rings. The summed E-state index contributed by atoms with van der Waals surface area (Å²) in [6, 6.07) is 8.31. The number of allylic oxidation sites excluding steroid dienone is 1. The number of rotatable bonds is 4. The largest absolute Gasteiger partial charge is 0.495 e. The standard InChI is InChI=1S/C20H19ClN4O3/c1-15(5-6-16-14-17(21)7-8-19(16)28-2)23-10-12-24(13-11-23)20-18(25(26)27)4-3-9-22-20/h3-4,7-9,14H,1,10-13H2,2H3. The molecule has 7 nitrogen and oxygen atoms in total. The lowest BCUT2D eigenvalue weighted by Gasteiger charge is -2.35. The van der Waals surface area contributed by atoms with Gasteiger partial charge in [-0.05, 0) is 30.2 Å². The van der Waals surface area contributed by atoms with Crippen molar-refractivity contribution in [3.8, 4) is 17.6 Å². The Hall–Kier alpha value is -3.24. The van der Waals surface area contributed by atoms with Gasteiger partial charge in [-0.15, -0.1) is 0 Å². The van der Waals surface area contributed by atoms with Gasteiger partial charge in [-0.1, -0.05) is 24.1 Å². The van der Waals surface area contributed by atoms with Crippen molar-refractivity contribution in [2.24, 2.45) is 0 Å². The molecule has 0 amide bonds. The second-order valence-corrected chi connectivity index (χ2v) is 6.56. The number of nitro groups is 1. The molecule has 0 atom stereocenters. The molecule has 0 unspecified atom stereocenters. The predicted octanol–water partition coefficient (Wildman–Crippen LogP) is 3.34. The van der Waals surface area contributed by atoms with Crippen molar-refractivity contribution in [2.75, 3.05) is 38.2 Å². The lowest BCUT2D eigenvalue weighted by Crippen LogP contribution is -2.46. The van der Waals surface area contributed by atoms with Crippen LogP contribution in [0.25, 0.3) is 0 Å². The number of halogens is 1. The Labute approximate surface area is 168 Å². The maximum atomic E-state index is 11.2. The van der Waals surface area contributed by atoms with Gasteiger partial charge in [0.05, 0.1) is 23.3 Å². The highest BCUT2D eigenvalue weighted by Gasteiger charge is 2.24. The SMILES string of the molecule is C=C(C#Cc1cc(Cl)ccc1OC)N1CCN(c2ncccc2[N+](=O)[O-])CC1. The second kappa shape index (κ2) is 8.63. The Morgan fingerprint density at radius 2 is 2.07 bits per heavy atom. The molecule has 2 heterocycles. The number of hydrogen-bond donors (Lipinski definition) is 0. The number of benzene rings is 1. The summed E-state index contributed by atoms with van der Waals surface area (Å²) in [5, 5.41) is 11.8. The van der Waals surface area contributed by atoms with Gasteiger partial charge in [0.2, 0.25) is 5.82 Å². The molecule has 0 spiro atoms. The van der Waals surface area contributed by atoms with Gasteiger partial charge in [0.25, 0.3) is 0 Å². The number of nitrogens with zero attached hydrogens (tertiary/aromatic N) is 4. The van der Waals surface area contributed by atoms with Gasteiger partial charge < -0.3 is 14.5 Å². The predicted molar refractivity (Wildman–Crippen MR) is 109 cm³/mol. The van der Waals surface area contributed by atoms with E-state index in [0.29, 0.717) is 54.0 Å². The zero-order valence-electron chi connectivity index (χ0n) is 15.4. The molecule has 1 aromatic carbocycles. The van der Waals surface area contributed by atoms with E-state index in [9.17, 15) is 10.1 Å². The quantitative estimate of drug-likeness (QED) is 0.447. The van der Waals surface area contributed by atoms with E-state index in [1.54, 1.807) is 37.6 Å². The monoisotopic (exact) mass is 398 g/mol. The molecule has 0 radical (unpaired) electrons. The molecule has 0 bridgehead atoms. The molecule has 8 heteroatoms. The number of piperazine rings is 1. The van der Waals surface area contributed by atoms with E-state index < -0.39 is 4.92 Å². The Morgan fingerprint density at radius 3 is 2.75 bits per heavy atom. The molecule has 1 aliphatic rings. The molecule has 3 rings (SSSR count). The maximum absolute atomic E-state index is 11.2. The fourth-order valence-electron chi connectivity index (χ4n) is 2.96. The van der Waals surface area contributed by atoms with Gasteiger partial charge in [-0.2, -0.15) is 0 Å². The van der Waals surface area contributed by atoms with Crippen LogP contribution in [0.1, 0.15) is 5.56 Å². The summed E-state index contributed by atoms with van der Waals surface area (Å²) < 4.78 is 5.30. The molecule has 1 aromatic heterocycles. The molecule has 144 valence electrons. The van der Waals surface area contributed by atoms with Gasteiger partial charge in [0.1, 0.15) is 5.75 Å². The summed E-state index contributed by atoms with van der Waals surface area (Å²) in [5.74, 6) is 7.15. The summed E-state index contributed by atoms with van der Waals surface area (Å²) >= 11 is 6.03. The van der Waals surface area contributed by atoms with Crippen molar-refractivity contribution in [2.45, 2.75) is 0 Å². The summed E-state index contributed by atoms with van der Waals surface area (Å²) in [6.07, 6.45) is 1.57. The zero-order chi connectivity index (χ0) is 20.1. The molecule has 1 fully saturated rings. The van der Waals surface area contributed by atoms with E-state index in [-0.39, 0.29) is 5.69 Å². The van der Waals surface area contributed by atoms with Crippen LogP contribution in [0.5, 0.6) is 5.75 Å². The Morgan fingerprint density at radius 1 is 1.32 bits per heavy atom. The Kier molecular flexibility index (Phi) is 6.02. The molecular weight excluding hydrogens is 380 g/mol. The van der Waals surface area contributed by atoms with Crippen LogP contribution >= 0.6 is 11.6 Å². The molecule has 1 saturated heterocycles. The normalized spacial score (nSPS) is 13.5. The summed E-state index contributed by atoms with van der Waals surface area (Å²) in [6.45, 7) is 6.54. The van der Waals surface area contributed by atoms with Crippen molar-refractivity contribution < 1.29 is 9.66 Å². The minimum Gasteiger partial charge on any atom is -0.495 e. The first-order valence-corrected chi connectivity index (χ1v) is 9.01. The van der Waals surface area contributed by atoms with Crippen LogP contribution in [-0.4, -0.2) is 48.1 Å². The lowest BCUT2D eigenvalue weighted by atomic mass is 10.2. The first kappa shape index (κ1) is 19.5. The van der Waals surface area contributed by atoms with E-state index in [1.807, 2.05) is 4.90 Å². The smallest absolute Gasteiger partial charge is 0.311 e. The summed E-state index contributed by atoms with van der Waals surface area (Å²) in [7, 11) is 1.58. The van der Waals surface area contributed by atoms with Gasteiger partial charge in [-0.25, -0.2) is 4.98 Å². The molecule has 1 aliphatic heterocycles. The van der Waals surface area contributed by atoms with E-state index in [4.69, 9.17) is 16.3 Å². The number of ether oxygens (including phenoxy) is 1. The van der Waals surface area contributed by atoms with Crippen LogP contribution in [0.3, 0.4) is 0 Å². The number of aromatic nitrogens is 1. The molecular formula is C20H19ClN4O3. The minimum atomic E-state index is -0.405. The van der Waals surface area contributed by atoms with Crippen LogP contribution in [0, 0.1) is 22.0 Å². The van der Waals surface area contributed by atoms with Crippen LogP contribution in [0.15, 0.2) is 48.8 Å². The maximum Gasteiger partial charge on any atom is 0.311 e. The number of anilines is 1. The average molecular weight is 399 g/mol. The molecule has 0 saturated carbocycles. The average Bonchev–Trinajstić information content (AvgIpc) is 2.72. The second-order valence-electron chi connectivity index (χ2n) is 6.12. The number of pyridine rings is 1. The van der Waals surface area contributed by atoms with Crippen molar-refractivity contribution in [3.63, 3.8) is 0 Å². The van der Waals surface area contributed by atoms with Crippen molar-refractivity contribution in [1.82, 2.24) is 9.88 Å². The summed E-state index contributed by atoms with van der Waals surface area (Å²) in [5.41, 5.74) is 1.39. The third-order valence-electron chi connectivity index (χ3n) is 4.43. The van der Waals surface area contributed by atoms with E-state index >= 15 is 0 Å². The third-order valence-corrected chi connectivity index (χ3v) is 4.66. The summed E-state index contributed by atoms with van der Waals surface area (Å²) in [4.78, 5) is 19.0. The molecule has 28 heavy (non-hydrogen) atoms. The van der Waals surface area contributed by atoms with Crippen LogP contribution < -0.4 is 9.64 Å².